The van der Waals surface area contributed by atoms with Crippen LogP contribution in [0.2, 0.25) is 0 Å². The predicted octanol–water partition coefficient (Wildman–Crippen LogP) is 2.30. The van der Waals surface area contributed by atoms with Crippen LogP contribution in [0.15, 0.2) is 18.2 Å². The molecule has 0 atom stereocenters. The first-order valence-corrected chi connectivity index (χ1v) is 5.20. The van der Waals surface area contributed by atoms with Crippen LogP contribution in [0.3, 0.4) is 0 Å². The maximum Gasteiger partial charge on any atom is 0.0438 e. The summed E-state index contributed by atoms with van der Waals surface area (Å²) in [5.41, 5.74) is 9.58. The Morgan fingerprint density at radius 3 is 2.64 bits per heavy atom. The van der Waals surface area contributed by atoms with E-state index in [1.165, 1.54) is 16.8 Å². The molecule has 0 radical (unpaired) electrons. The number of hydrogen-bond acceptors (Lipinski definition) is 2. The van der Waals surface area contributed by atoms with Crippen molar-refractivity contribution in [1.82, 2.24) is 0 Å². The lowest BCUT2D eigenvalue weighted by atomic mass is 10.1. The molecule has 0 aliphatic rings. The van der Waals surface area contributed by atoms with E-state index < -0.39 is 0 Å². The Bertz CT molecular complexity index is 294. The fourth-order valence-electron chi connectivity index (χ4n) is 1.88. The number of benzene rings is 1. The van der Waals surface area contributed by atoms with Crippen LogP contribution < -0.4 is 10.6 Å². The summed E-state index contributed by atoms with van der Waals surface area (Å²) < 4.78 is 0. The maximum absolute atomic E-state index is 5.73. The van der Waals surface area contributed by atoms with Gasteiger partial charge in [-0.05, 0) is 24.5 Å². The zero-order valence-electron chi connectivity index (χ0n) is 9.38. The summed E-state index contributed by atoms with van der Waals surface area (Å²) in [6, 6.07) is 6.32. The van der Waals surface area contributed by atoms with E-state index in [1.807, 2.05) is 0 Å². The molecule has 2 nitrogen and oxygen atoms in total. The second-order valence-corrected chi connectivity index (χ2v) is 3.71. The molecule has 1 aromatic carbocycles. The van der Waals surface area contributed by atoms with Gasteiger partial charge in [0, 0.05) is 25.8 Å². The summed E-state index contributed by atoms with van der Waals surface area (Å²) in [5.74, 6) is 0. The monoisotopic (exact) mass is 192 g/mol. The van der Waals surface area contributed by atoms with Crippen LogP contribution in [0.25, 0.3) is 0 Å². The molecule has 0 aromatic heterocycles. The third kappa shape index (κ3) is 2.26. The molecule has 0 heterocycles. The van der Waals surface area contributed by atoms with Gasteiger partial charge < -0.3 is 10.6 Å². The Kier molecular flexibility index (Phi) is 3.96. The molecule has 0 amide bonds. The molecule has 2 N–H and O–H groups in total. The van der Waals surface area contributed by atoms with Crippen LogP contribution in [-0.4, -0.2) is 13.6 Å². The normalized spacial score (nSPS) is 10.3. The highest BCUT2D eigenvalue weighted by atomic mass is 15.1. The Balaban J connectivity index is 3.03. The minimum Gasteiger partial charge on any atom is -0.374 e. The van der Waals surface area contributed by atoms with E-state index in [0.717, 1.165) is 13.0 Å². The van der Waals surface area contributed by atoms with Crippen LogP contribution in [0.4, 0.5) is 5.69 Å². The van der Waals surface area contributed by atoms with E-state index >= 15 is 0 Å². The lowest BCUT2D eigenvalue weighted by Crippen LogP contribution is -2.21. The molecule has 0 saturated heterocycles. The van der Waals surface area contributed by atoms with Crippen molar-refractivity contribution in [3.05, 3.63) is 29.3 Å². The maximum atomic E-state index is 5.73. The number of anilines is 1. The van der Waals surface area contributed by atoms with Crippen molar-refractivity contribution < 1.29 is 0 Å². The Labute approximate surface area is 86.7 Å². The summed E-state index contributed by atoms with van der Waals surface area (Å²) >= 11 is 0. The lowest BCUT2D eigenvalue weighted by Gasteiger charge is -2.23. The standard InChI is InChI=1S/C12H20N2/c1-4-8-14(3)12-10(2)6-5-7-11(12)9-13/h5-7H,4,8-9,13H2,1-3H3. The molecule has 78 valence electrons. The van der Waals surface area contributed by atoms with E-state index in [4.69, 9.17) is 5.73 Å². The van der Waals surface area contributed by atoms with Gasteiger partial charge in [0.25, 0.3) is 0 Å². The van der Waals surface area contributed by atoms with Gasteiger partial charge in [0.2, 0.25) is 0 Å². The highest BCUT2D eigenvalue weighted by Gasteiger charge is 2.07. The SMILES string of the molecule is CCCN(C)c1c(C)cccc1CN. The molecule has 0 unspecified atom stereocenters. The summed E-state index contributed by atoms with van der Waals surface area (Å²) in [4.78, 5) is 2.29. The van der Waals surface area contributed by atoms with Crippen molar-refractivity contribution in [3.63, 3.8) is 0 Å². The quantitative estimate of drug-likeness (QED) is 0.793. The van der Waals surface area contributed by atoms with E-state index in [0.29, 0.717) is 6.54 Å². The number of aryl methyl sites for hydroxylation is 1. The van der Waals surface area contributed by atoms with E-state index in [2.05, 4.69) is 44.0 Å². The number of nitrogens with two attached hydrogens (primary N) is 1. The molecule has 0 aliphatic carbocycles. The van der Waals surface area contributed by atoms with Crippen molar-refractivity contribution in [2.24, 2.45) is 5.73 Å². The van der Waals surface area contributed by atoms with Crippen molar-refractivity contribution in [2.45, 2.75) is 26.8 Å². The van der Waals surface area contributed by atoms with Gasteiger partial charge in [-0.3, -0.25) is 0 Å². The lowest BCUT2D eigenvalue weighted by molar-refractivity contribution is 0.840. The van der Waals surface area contributed by atoms with Crippen molar-refractivity contribution in [1.29, 1.82) is 0 Å². The van der Waals surface area contributed by atoms with E-state index in [-0.39, 0.29) is 0 Å². The molecule has 1 aromatic rings. The van der Waals surface area contributed by atoms with E-state index in [9.17, 15) is 0 Å². The molecule has 0 bridgehead atoms. The average Bonchev–Trinajstić information content (AvgIpc) is 2.17. The highest BCUT2D eigenvalue weighted by Crippen LogP contribution is 2.23. The van der Waals surface area contributed by atoms with Gasteiger partial charge in [-0.15, -0.1) is 0 Å². The minimum absolute atomic E-state index is 0.616. The molecule has 0 aliphatic heterocycles. The van der Waals surface area contributed by atoms with Gasteiger partial charge >= 0.3 is 0 Å². The van der Waals surface area contributed by atoms with Gasteiger partial charge in [0.1, 0.15) is 0 Å². The zero-order valence-corrected chi connectivity index (χ0v) is 9.38. The fourth-order valence-corrected chi connectivity index (χ4v) is 1.88. The smallest absolute Gasteiger partial charge is 0.0438 e. The number of rotatable bonds is 4. The summed E-state index contributed by atoms with van der Waals surface area (Å²) in [5, 5.41) is 0. The molecular weight excluding hydrogens is 172 g/mol. The largest absolute Gasteiger partial charge is 0.374 e. The topological polar surface area (TPSA) is 29.3 Å². The van der Waals surface area contributed by atoms with Gasteiger partial charge in [0.15, 0.2) is 0 Å². The molecule has 2 heteroatoms. The first-order valence-electron chi connectivity index (χ1n) is 5.20. The number of para-hydroxylation sites is 1. The first kappa shape index (κ1) is 11.1. The Morgan fingerprint density at radius 2 is 2.07 bits per heavy atom. The third-order valence-corrected chi connectivity index (χ3v) is 2.48. The Morgan fingerprint density at radius 1 is 1.36 bits per heavy atom. The van der Waals surface area contributed by atoms with Gasteiger partial charge in [-0.1, -0.05) is 25.1 Å². The van der Waals surface area contributed by atoms with Crippen molar-refractivity contribution in [3.8, 4) is 0 Å². The van der Waals surface area contributed by atoms with Crippen molar-refractivity contribution in [2.75, 3.05) is 18.5 Å². The molecule has 0 saturated carbocycles. The summed E-state index contributed by atoms with van der Waals surface area (Å²) in [6.07, 6.45) is 1.16. The van der Waals surface area contributed by atoms with Crippen LogP contribution >= 0.6 is 0 Å². The van der Waals surface area contributed by atoms with Gasteiger partial charge in [-0.25, -0.2) is 0 Å². The minimum atomic E-state index is 0.616. The molecule has 1 rings (SSSR count). The number of hydrogen-bond donors (Lipinski definition) is 1. The molecule has 0 fully saturated rings. The van der Waals surface area contributed by atoms with E-state index in [1.54, 1.807) is 0 Å². The second-order valence-electron chi connectivity index (χ2n) is 3.71. The van der Waals surface area contributed by atoms with Gasteiger partial charge in [0.05, 0.1) is 0 Å². The van der Waals surface area contributed by atoms with Crippen LogP contribution in [-0.2, 0) is 6.54 Å². The fraction of sp³-hybridized carbons (Fsp3) is 0.500. The third-order valence-electron chi connectivity index (χ3n) is 2.48. The average molecular weight is 192 g/mol. The van der Waals surface area contributed by atoms with Gasteiger partial charge in [-0.2, -0.15) is 0 Å². The molecular formula is C12H20N2. The molecule has 14 heavy (non-hydrogen) atoms. The molecule has 0 spiro atoms. The van der Waals surface area contributed by atoms with Crippen molar-refractivity contribution >= 4 is 5.69 Å². The predicted molar refractivity (Wildman–Crippen MR) is 62.6 cm³/mol. The first-order chi connectivity index (χ1) is 6.70. The Hall–Kier alpha value is -1.02. The van der Waals surface area contributed by atoms with Crippen LogP contribution in [0.1, 0.15) is 24.5 Å². The highest BCUT2D eigenvalue weighted by molar-refractivity contribution is 5.58. The number of nitrogens with zero attached hydrogens (tertiary/aromatic N) is 1. The second kappa shape index (κ2) is 5.01. The summed E-state index contributed by atoms with van der Waals surface area (Å²) in [7, 11) is 2.13. The van der Waals surface area contributed by atoms with Crippen LogP contribution in [0.5, 0.6) is 0 Å². The zero-order chi connectivity index (χ0) is 10.6. The van der Waals surface area contributed by atoms with Crippen LogP contribution in [0, 0.1) is 6.92 Å². The summed E-state index contributed by atoms with van der Waals surface area (Å²) in [6.45, 7) is 6.03.